The highest BCUT2D eigenvalue weighted by molar-refractivity contribution is 7.90. The monoisotopic (exact) mass is 498 g/mol. The van der Waals surface area contributed by atoms with E-state index in [0.717, 1.165) is 6.26 Å². The highest BCUT2D eigenvalue weighted by atomic mass is 32.2. The molecular weight excluding hydrogens is 469 g/mol. The maximum atomic E-state index is 14.0. The first-order chi connectivity index (χ1) is 15.7. The van der Waals surface area contributed by atoms with Gasteiger partial charge in [-0.3, -0.25) is 14.9 Å². The van der Waals surface area contributed by atoms with Gasteiger partial charge in [-0.25, -0.2) is 8.42 Å². The van der Waals surface area contributed by atoms with Crippen LogP contribution in [0.5, 0.6) is 0 Å². The highest BCUT2D eigenvalue weighted by Crippen LogP contribution is 2.34. The molecule has 0 aromatic heterocycles. The first-order valence-corrected chi connectivity index (χ1v) is 12.6. The molecule has 0 fully saturated rings. The van der Waals surface area contributed by atoms with Crippen LogP contribution in [-0.2, 0) is 19.4 Å². The number of hydrogen-bond donors (Lipinski definition) is 2. The second kappa shape index (κ2) is 11.1. The van der Waals surface area contributed by atoms with Gasteiger partial charge in [0.15, 0.2) is 9.84 Å². The van der Waals surface area contributed by atoms with Gasteiger partial charge < -0.3 is 5.32 Å². The predicted molar refractivity (Wildman–Crippen MR) is 124 cm³/mol. The van der Waals surface area contributed by atoms with Gasteiger partial charge in [-0.15, -0.1) is 0 Å². The minimum Gasteiger partial charge on any atom is -0.348 e. The predicted octanol–water partition coefficient (Wildman–Crippen LogP) is 4.07. The normalized spacial score (nSPS) is 14.0. The van der Waals surface area contributed by atoms with Crippen LogP contribution in [-0.4, -0.2) is 45.1 Å². The maximum Gasteiger partial charge on any atom is 0.407 e. The molecule has 34 heavy (non-hydrogen) atoms. The Kier molecular flexibility index (Phi) is 9.02. The van der Waals surface area contributed by atoms with E-state index in [1.165, 1.54) is 43.3 Å². The van der Waals surface area contributed by atoms with Crippen molar-refractivity contribution in [2.75, 3.05) is 12.8 Å². The summed E-state index contributed by atoms with van der Waals surface area (Å²) in [5.74, 6) is -1.03. The zero-order chi connectivity index (χ0) is 25.7. The molecule has 2 aromatic rings. The zero-order valence-electron chi connectivity index (χ0n) is 19.4. The second-order valence-electron chi connectivity index (χ2n) is 8.66. The molecule has 2 N–H and O–H groups in total. The summed E-state index contributed by atoms with van der Waals surface area (Å²) in [6.07, 6.45) is -3.43. The molecule has 0 heterocycles. The molecule has 0 spiro atoms. The molecule has 0 saturated carbocycles. The lowest BCUT2D eigenvalue weighted by Gasteiger charge is -2.28. The van der Waals surface area contributed by atoms with Gasteiger partial charge >= 0.3 is 6.18 Å². The van der Waals surface area contributed by atoms with Crippen molar-refractivity contribution in [3.05, 3.63) is 54.1 Å². The number of hydrogen-bond acceptors (Lipinski definition) is 5. The van der Waals surface area contributed by atoms with Gasteiger partial charge in [-0.2, -0.15) is 13.2 Å². The van der Waals surface area contributed by atoms with Gasteiger partial charge in [0, 0.05) is 6.26 Å². The van der Waals surface area contributed by atoms with Crippen LogP contribution in [0.2, 0.25) is 0 Å². The summed E-state index contributed by atoms with van der Waals surface area (Å²) < 4.78 is 65.1. The first kappa shape index (κ1) is 27.5. The molecule has 0 radical (unpaired) electrons. The van der Waals surface area contributed by atoms with Gasteiger partial charge in [0.2, 0.25) is 5.91 Å². The van der Waals surface area contributed by atoms with Crippen LogP contribution in [0.4, 0.5) is 13.2 Å². The third-order valence-corrected chi connectivity index (χ3v) is 6.22. The van der Waals surface area contributed by atoms with E-state index in [1.807, 2.05) is 0 Å². The standard InChI is InChI=1S/C24H29F3N2O4S/c1-15(2)13-21(23(31)28-14-16(3)30)29-22(24(25,26)27)19-7-5-17(6-8-19)18-9-11-20(12-10-18)34(4,32)33/h5-12,15,21-22,29H,13-14H2,1-4H3,(H,28,31)/t21-,22?/m0/s1. The zero-order valence-corrected chi connectivity index (χ0v) is 20.3. The summed E-state index contributed by atoms with van der Waals surface area (Å²) in [4.78, 5) is 23.8. The van der Waals surface area contributed by atoms with Crippen molar-refractivity contribution in [2.45, 2.75) is 50.3 Å². The molecule has 10 heteroatoms. The van der Waals surface area contributed by atoms with Crippen molar-refractivity contribution in [1.82, 2.24) is 10.6 Å². The molecule has 1 amide bonds. The third kappa shape index (κ3) is 7.95. The summed E-state index contributed by atoms with van der Waals surface area (Å²) in [5.41, 5.74) is 1.19. The van der Waals surface area contributed by atoms with Crippen molar-refractivity contribution in [2.24, 2.45) is 5.92 Å². The Labute approximate surface area is 197 Å². The number of Topliss-reactive ketones (excluding diaryl/α,β-unsaturated/α-hetero) is 1. The smallest absolute Gasteiger partial charge is 0.348 e. The number of alkyl halides is 3. The maximum absolute atomic E-state index is 14.0. The molecule has 0 bridgehead atoms. The van der Waals surface area contributed by atoms with Crippen molar-refractivity contribution >= 4 is 21.5 Å². The van der Waals surface area contributed by atoms with E-state index in [-0.39, 0.29) is 35.1 Å². The van der Waals surface area contributed by atoms with Crippen molar-refractivity contribution in [3.63, 3.8) is 0 Å². The van der Waals surface area contributed by atoms with Gasteiger partial charge in [0.05, 0.1) is 17.5 Å². The molecule has 6 nitrogen and oxygen atoms in total. The number of carbonyl (C=O) groups is 2. The number of rotatable bonds is 10. The lowest BCUT2D eigenvalue weighted by molar-refractivity contribution is -0.161. The fraction of sp³-hybridized carbons (Fsp3) is 0.417. The van der Waals surface area contributed by atoms with Gasteiger partial charge in [0.25, 0.3) is 0 Å². The molecule has 2 rings (SSSR count). The lowest BCUT2D eigenvalue weighted by atomic mass is 9.97. The molecule has 1 unspecified atom stereocenters. The number of halogens is 3. The lowest BCUT2D eigenvalue weighted by Crippen LogP contribution is -2.50. The average molecular weight is 499 g/mol. The van der Waals surface area contributed by atoms with Crippen LogP contribution in [0.1, 0.15) is 38.8 Å². The van der Waals surface area contributed by atoms with Crippen LogP contribution in [0.25, 0.3) is 11.1 Å². The number of amides is 1. The number of nitrogens with one attached hydrogen (secondary N) is 2. The Morgan fingerprint density at radius 1 is 0.941 bits per heavy atom. The molecule has 186 valence electrons. The molecular formula is C24H29F3N2O4S. The minimum atomic E-state index is -4.67. The Morgan fingerprint density at radius 2 is 1.44 bits per heavy atom. The Bertz CT molecular complexity index is 1100. The number of benzene rings is 2. The van der Waals surface area contributed by atoms with Crippen molar-refractivity contribution in [3.8, 4) is 11.1 Å². The van der Waals surface area contributed by atoms with Crippen molar-refractivity contribution in [1.29, 1.82) is 0 Å². The van der Waals surface area contributed by atoms with E-state index in [9.17, 15) is 31.2 Å². The number of sulfone groups is 1. The molecule has 0 saturated heterocycles. The van der Waals surface area contributed by atoms with E-state index in [0.29, 0.717) is 11.1 Å². The third-order valence-electron chi connectivity index (χ3n) is 5.09. The Morgan fingerprint density at radius 3 is 1.85 bits per heavy atom. The van der Waals surface area contributed by atoms with Gasteiger partial charge in [-0.1, -0.05) is 50.2 Å². The Balaban J connectivity index is 2.30. The van der Waals surface area contributed by atoms with Gasteiger partial charge in [-0.05, 0) is 48.1 Å². The Hall–Kier alpha value is -2.72. The molecule has 0 aliphatic carbocycles. The summed E-state index contributed by atoms with van der Waals surface area (Å²) in [7, 11) is -3.36. The van der Waals surface area contributed by atoms with E-state index in [4.69, 9.17) is 0 Å². The van der Waals surface area contributed by atoms with E-state index >= 15 is 0 Å². The summed E-state index contributed by atoms with van der Waals surface area (Å²) in [6.45, 7) is 4.61. The molecule has 0 aliphatic rings. The molecule has 2 aromatic carbocycles. The first-order valence-electron chi connectivity index (χ1n) is 10.7. The van der Waals surface area contributed by atoms with Crippen molar-refractivity contribution < 1.29 is 31.2 Å². The molecule has 0 aliphatic heterocycles. The average Bonchev–Trinajstić information content (AvgIpc) is 2.73. The second-order valence-corrected chi connectivity index (χ2v) is 10.7. The molecule has 2 atom stereocenters. The summed E-state index contributed by atoms with van der Waals surface area (Å²) >= 11 is 0. The summed E-state index contributed by atoms with van der Waals surface area (Å²) in [5, 5.41) is 4.81. The number of ketones is 1. The SMILES string of the molecule is CC(=O)CNC(=O)[C@H](CC(C)C)NC(c1ccc(-c2ccc(S(C)(=O)=O)cc2)cc1)C(F)(F)F. The minimum absolute atomic E-state index is 0.0632. The highest BCUT2D eigenvalue weighted by Gasteiger charge is 2.42. The van der Waals surface area contributed by atoms with Crippen LogP contribution < -0.4 is 10.6 Å². The number of carbonyl (C=O) groups excluding carboxylic acids is 2. The van der Waals surface area contributed by atoms with E-state index < -0.39 is 34.0 Å². The van der Waals surface area contributed by atoms with Crippen LogP contribution >= 0.6 is 0 Å². The summed E-state index contributed by atoms with van der Waals surface area (Å²) in [6, 6.07) is 8.48. The fourth-order valence-electron chi connectivity index (χ4n) is 3.40. The fourth-order valence-corrected chi connectivity index (χ4v) is 4.03. The van der Waals surface area contributed by atoms with Crippen LogP contribution in [0, 0.1) is 5.92 Å². The van der Waals surface area contributed by atoms with Crippen LogP contribution in [0.15, 0.2) is 53.4 Å². The topological polar surface area (TPSA) is 92.3 Å². The van der Waals surface area contributed by atoms with E-state index in [2.05, 4.69) is 10.6 Å². The van der Waals surface area contributed by atoms with Crippen LogP contribution in [0.3, 0.4) is 0 Å². The largest absolute Gasteiger partial charge is 0.407 e. The van der Waals surface area contributed by atoms with E-state index in [1.54, 1.807) is 26.0 Å². The van der Waals surface area contributed by atoms with Gasteiger partial charge in [0.1, 0.15) is 11.8 Å². The quantitative estimate of drug-likeness (QED) is 0.515.